The lowest BCUT2D eigenvalue weighted by Gasteiger charge is -2.30. The van der Waals surface area contributed by atoms with Gasteiger partial charge in [-0.05, 0) is 51.0 Å². The zero-order chi connectivity index (χ0) is 15.1. The first-order chi connectivity index (χ1) is 10.1. The molecule has 1 saturated heterocycles. The number of rotatable bonds is 7. The van der Waals surface area contributed by atoms with Crippen LogP contribution in [0.5, 0.6) is 0 Å². The predicted molar refractivity (Wildman–Crippen MR) is 86.6 cm³/mol. The Bertz CT molecular complexity index is 433. The van der Waals surface area contributed by atoms with Gasteiger partial charge in [0, 0.05) is 16.7 Å². The number of hydrogen-bond acceptors (Lipinski definition) is 4. The van der Waals surface area contributed by atoms with Gasteiger partial charge < -0.3 is 15.7 Å². The van der Waals surface area contributed by atoms with Gasteiger partial charge in [-0.1, -0.05) is 18.2 Å². The van der Waals surface area contributed by atoms with E-state index in [9.17, 15) is 4.79 Å². The van der Waals surface area contributed by atoms with E-state index >= 15 is 0 Å². The van der Waals surface area contributed by atoms with Crippen molar-refractivity contribution in [3.05, 3.63) is 30.3 Å². The van der Waals surface area contributed by atoms with E-state index in [1.807, 2.05) is 18.2 Å². The molecule has 116 valence electrons. The Labute approximate surface area is 130 Å². The Morgan fingerprint density at radius 1 is 1.33 bits per heavy atom. The molecule has 3 N–H and O–H groups in total. The highest BCUT2D eigenvalue weighted by molar-refractivity contribution is 7.99. The summed E-state index contributed by atoms with van der Waals surface area (Å²) < 4.78 is 0. The number of aliphatic carboxylic acids is 1. The molecule has 1 aliphatic heterocycles. The van der Waals surface area contributed by atoms with E-state index in [-0.39, 0.29) is 12.0 Å². The number of hydrogen-bond donors (Lipinski definition) is 2. The molecule has 1 aromatic carbocycles. The first-order valence-corrected chi connectivity index (χ1v) is 8.52. The van der Waals surface area contributed by atoms with Crippen LogP contribution in [0.15, 0.2) is 35.2 Å². The molecule has 1 fully saturated rings. The van der Waals surface area contributed by atoms with Crippen LogP contribution in [0.4, 0.5) is 0 Å². The van der Waals surface area contributed by atoms with Crippen molar-refractivity contribution in [2.75, 3.05) is 25.4 Å². The summed E-state index contributed by atoms with van der Waals surface area (Å²) in [6, 6.07) is 10.5. The Hall–Kier alpha value is -1.04. The zero-order valence-electron chi connectivity index (χ0n) is 12.3. The van der Waals surface area contributed by atoms with Crippen LogP contribution in [0, 0.1) is 5.92 Å². The van der Waals surface area contributed by atoms with Gasteiger partial charge in [0.15, 0.2) is 0 Å². The molecule has 1 atom stereocenters. The van der Waals surface area contributed by atoms with Crippen molar-refractivity contribution in [1.82, 2.24) is 4.90 Å². The van der Waals surface area contributed by atoms with Gasteiger partial charge in [0.25, 0.3) is 0 Å². The summed E-state index contributed by atoms with van der Waals surface area (Å²) >= 11 is 1.80. The van der Waals surface area contributed by atoms with Crippen LogP contribution in [-0.2, 0) is 4.79 Å². The van der Waals surface area contributed by atoms with Crippen molar-refractivity contribution in [1.29, 1.82) is 0 Å². The summed E-state index contributed by atoms with van der Waals surface area (Å²) in [6.07, 6.45) is 2.50. The number of benzene rings is 1. The maximum atomic E-state index is 10.9. The van der Waals surface area contributed by atoms with Gasteiger partial charge in [0.05, 0.1) is 5.92 Å². The first kappa shape index (κ1) is 16.3. The van der Waals surface area contributed by atoms with Gasteiger partial charge in [-0.2, -0.15) is 0 Å². The zero-order valence-corrected chi connectivity index (χ0v) is 13.1. The van der Waals surface area contributed by atoms with Crippen LogP contribution in [0.25, 0.3) is 0 Å². The molecule has 0 radical (unpaired) electrons. The summed E-state index contributed by atoms with van der Waals surface area (Å²) in [5.41, 5.74) is 6.17. The van der Waals surface area contributed by atoms with Crippen LogP contribution in [0.3, 0.4) is 0 Å². The molecular formula is C16H24N2O2S. The molecule has 4 nitrogen and oxygen atoms in total. The summed E-state index contributed by atoms with van der Waals surface area (Å²) in [6.45, 7) is 2.74. The topological polar surface area (TPSA) is 66.6 Å². The smallest absolute Gasteiger partial charge is 0.306 e. The highest BCUT2D eigenvalue weighted by atomic mass is 32.2. The van der Waals surface area contributed by atoms with E-state index < -0.39 is 5.97 Å². The minimum absolute atomic E-state index is 0.149. The summed E-state index contributed by atoms with van der Waals surface area (Å²) in [5.74, 6) is 0.129. The van der Waals surface area contributed by atoms with Gasteiger partial charge in [-0.25, -0.2) is 0 Å². The fraction of sp³-hybridized carbons (Fsp3) is 0.562. The highest BCUT2D eigenvalue weighted by Gasteiger charge is 2.24. The second-order valence-corrected chi connectivity index (χ2v) is 6.72. The SMILES string of the molecule is N[C@H](CCN1CCC(C(=O)O)CC1)CSc1ccccc1. The maximum absolute atomic E-state index is 10.9. The third-order valence-electron chi connectivity index (χ3n) is 3.96. The van der Waals surface area contributed by atoms with Crippen molar-refractivity contribution >= 4 is 17.7 Å². The van der Waals surface area contributed by atoms with Crippen molar-refractivity contribution in [2.45, 2.75) is 30.2 Å². The van der Waals surface area contributed by atoms with Crippen LogP contribution in [0.1, 0.15) is 19.3 Å². The summed E-state index contributed by atoms with van der Waals surface area (Å²) in [4.78, 5) is 14.5. The second-order valence-electron chi connectivity index (χ2n) is 5.63. The fourth-order valence-electron chi connectivity index (χ4n) is 2.56. The number of carbonyl (C=O) groups is 1. The molecule has 2 rings (SSSR count). The summed E-state index contributed by atoms with van der Waals surface area (Å²) in [5, 5.41) is 8.98. The lowest BCUT2D eigenvalue weighted by molar-refractivity contribution is -0.143. The van der Waals surface area contributed by atoms with Gasteiger partial charge in [-0.15, -0.1) is 11.8 Å². The molecule has 0 unspecified atom stereocenters. The minimum atomic E-state index is -0.648. The highest BCUT2D eigenvalue weighted by Crippen LogP contribution is 2.20. The normalized spacial score (nSPS) is 18.5. The van der Waals surface area contributed by atoms with Crippen molar-refractivity contribution < 1.29 is 9.90 Å². The van der Waals surface area contributed by atoms with E-state index in [4.69, 9.17) is 10.8 Å². The number of piperidine rings is 1. The Morgan fingerprint density at radius 2 is 2.00 bits per heavy atom. The molecule has 0 aromatic heterocycles. The number of carboxylic acid groups (broad SMARTS) is 1. The molecule has 5 heteroatoms. The number of nitrogens with two attached hydrogens (primary N) is 1. The van der Waals surface area contributed by atoms with Gasteiger partial charge in [0.2, 0.25) is 0 Å². The maximum Gasteiger partial charge on any atom is 0.306 e. The fourth-order valence-corrected chi connectivity index (χ4v) is 3.48. The molecule has 0 aliphatic carbocycles. The third kappa shape index (κ3) is 5.69. The van der Waals surface area contributed by atoms with E-state index in [0.717, 1.165) is 44.6 Å². The predicted octanol–water partition coefficient (Wildman–Crippen LogP) is 2.29. The van der Waals surface area contributed by atoms with E-state index in [1.165, 1.54) is 4.90 Å². The van der Waals surface area contributed by atoms with Crippen LogP contribution >= 0.6 is 11.8 Å². The second kappa shape index (κ2) is 8.41. The standard InChI is InChI=1S/C16H24N2O2S/c17-14(12-21-15-4-2-1-3-5-15)8-11-18-9-6-13(7-10-18)16(19)20/h1-5,13-14H,6-12,17H2,(H,19,20)/t14-/m1/s1. The number of likely N-dealkylation sites (tertiary alicyclic amines) is 1. The lowest BCUT2D eigenvalue weighted by Crippen LogP contribution is -2.39. The molecular weight excluding hydrogens is 284 g/mol. The van der Waals surface area contributed by atoms with Crippen LogP contribution < -0.4 is 5.73 Å². The Morgan fingerprint density at radius 3 is 2.62 bits per heavy atom. The average molecular weight is 308 g/mol. The molecule has 0 saturated carbocycles. The Kier molecular flexibility index (Phi) is 6.54. The molecule has 1 heterocycles. The van der Waals surface area contributed by atoms with E-state index in [2.05, 4.69) is 17.0 Å². The largest absolute Gasteiger partial charge is 0.481 e. The number of thioether (sulfide) groups is 1. The summed E-state index contributed by atoms with van der Waals surface area (Å²) in [7, 11) is 0. The minimum Gasteiger partial charge on any atom is -0.481 e. The van der Waals surface area contributed by atoms with Crippen molar-refractivity contribution in [2.24, 2.45) is 11.7 Å². The number of nitrogens with zero attached hydrogens (tertiary/aromatic N) is 1. The molecule has 1 aliphatic rings. The monoisotopic (exact) mass is 308 g/mol. The van der Waals surface area contributed by atoms with Crippen LogP contribution in [-0.4, -0.2) is 47.4 Å². The molecule has 1 aromatic rings. The molecule has 21 heavy (non-hydrogen) atoms. The molecule has 0 spiro atoms. The van der Waals surface area contributed by atoms with E-state index in [1.54, 1.807) is 11.8 Å². The van der Waals surface area contributed by atoms with E-state index in [0.29, 0.717) is 0 Å². The Balaban J connectivity index is 1.61. The quantitative estimate of drug-likeness (QED) is 0.757. The molecule has 0 bridgehead atoms. The third-order valence-corrected chi connectivity index (χ3v) is 5.16. The van der Waals surface area contributed by atoms with Crippen molar-refractivity contribution in [3.8, 4) is 0 Å². The number of carboxylic acids is 1. The van der Waals surface area contributed by atoms with Crippen molar-refractivity contribution in [3.63, 3.8) is 0 Å². The lowest BCUT2D eigenvalue weighted by atomic mass is 9.97. The van der Waals surface area contributed by atoms with Gasteiger partial charge in [0.1, 0.15) is 0 Å². The van der Waals surface area contributed by atoms with Crippen LogP contribution in [0.2, 0.25) is 0 Å². The van der Waals surface area contributed by atoms with Gasteiger partial charge in [-0.3, -0.25) is 4.79 Å². The van der Waals surface area contributed by atoms with Gasteiger partial charge >= 0.3 is 5.97 Å². The average Bonchev–Trinajstić information content (AvgIpc) is 2.52. The first-order valence-electron chi connectivity index (χ1n) is 7.53. The molecule has 0 amide bonds.